The monoisotopic (exact) mass is 592 g/mol. The van der Waals surface area contributed by atoms with Crippen LogP contribution in [0.25, 0.3) is 0 Å². The molecule has 1 amide bonds. The fourth-order valence-electron chi connectivity index (χ4n) is 5.67. The number of carbonyl (C=O) groups excluding carboxylic acids is 1. The summed E-state index contributed by atoms with van der Waals surface area (Å²) in [4.78, 5) is 35.6. The van der Waals surface area contributed by atoms with Crippen LogP contribution in [0.3, 0.4) is 0 Å². The zero-order chi connectivity index (χ0) is 30.6. The smallest absolute Gasteiger partial charge is 0.418 e. The highest BCUT2D eigenvalue weighted by Gasteiger charge is 2.38. The lowest BCUT2D eigenvalue weighted by molar-refractivity contribution is -0.137. The first-order chi connectivity index (χ1) is 20.7. The van der Waals surface area contributed by atoms with Gasteiger partial charge in [-0.25, -0.2) is 9.97 Å². The summed E-state index contributed by atoms with van der Waals surface area (Å²) in [7, 11) is 0. The van der Waals surface area contributed by atoms with Crippen molar-refractivity contribution in [2.75, 3.05) is 36.0 Å². The number of amides is 1. The molecule has 2 aliphatic rings. The average molecular weight is 593 g/mol. The van der Waals surface area contributed by atoms with Crippen molar-refractivity contribution in [3.63, 3.8) is 0 Å². The molecule has 3 aromatic rings. The average Bonchev–Trinajstić information content (AvgIpc) is 3.22. The number of hydrogen-bond donors (Lipinski definition) is 0. The Bertz CT molecular complexity index is 1530. The van der Waals surface area contributed by atoms with Crippen LogP contribution < -0.4 is 14.5 Å². The van der Waals surface area contributed by atoms with E-state index < -0.39 is 11.7 Å². The van der Waals surface area contributed by atoms with Crippen LogP contribution in [-0.4, -0.2) is 63.0 Å². The van der Waals surface area contributed by atoms with Crippen LogP contribution in [0.2, 0.25) is 0 Å². The Kier molecular flexibility index (Phi) is 8.75. The lowest BCUT2D eigenvalue weighted by Gasteiger charge is -2.41. The van der Waals surface area contributed by atoms with Crippen LogP contribution >= 0.6 is 0 Å². The molecule has 2 aliphatic heterocycles. The number of nitriles is 1. The number of hydrogen-bond acceptors (Lipinski definition) is 9. The van der Waals surface area contributed by atoms with Gasteiger partial charge in [0.05, 0.1) is 36.3 Å². The molecule has 4 heterocycles. The van der Waals surface area contributed by atoms with Crippen molar-refractivity contribution in [1.82, 2.24) is 24.8 Å². The van der Waals surface area contributed by atoms with Crippen molar-refractivity contribution in [2.24, 2.45) is 0 Å². The summed E-state index contributed by atoms with van der Waals surface area (Å²) in [6, 6.07) is 8.09. The summed E-state index contributed by atoms with van der Waals surface area (Å²) in [6.07, 6.45) is 1.13. The third-order valence-corrected chi connectivity index (χ3v) is 7.64. The number of anilines is 2. The molecular formula is C30H31F3N8O2. The van der Waals surface area contributed by atoms with Crippen molar-refractivity contribution < 1.29 is 22.7 Å². The summed E-state index contributed by atoms with van der Waals surface area (Å²) in [5.41, 5.74) is 0.966. The predicted octanol–water partition coefficient (Wildman–Crippen LogP) is 4.24. The van der Waals surface area contributed by atoms with Gasteiger partial charge in [-0.2, -0.15) is 28.4 Å². The lowest BCUT2D eigenvalue weighted by Crippen LogP contribution is -2.55. The lowest BCUT2D eigenvalue weighted by atomic mass is 10.0. The van der Waals surface area contributed by atoms with Gasteiger partial charge in [-0.05, 0) is 43.5 Å². The van der Waals surface area contributed by atoms with Crippen molar-refractivity contribution in [1.29, 1.82) is 5.26 Å². The van der Waals surface area contributed by atoms with Crippen molar-refractivity contribution in [3.8, 4) is 12.1 Å². The van der Waals surface area contributed by atoms with E-state index in [0.717, 1.165) is 5.56 Å². The Hall–Kier alpha value is -4.73. The molecular weight excluding hydrogens is 561 g/mol. The molecule has 10 nitrogen and oxygen atoms in total. The minimum Gasteiger partial charge on any atom is -0.455 e. The van der Waals surface area contributed by atoms with E-state index in [0.29, 0.717) is 56.4 Å². The maximum absolute atomic E-state index is 14.2. The number of aryl methyl sites for hydroxylation is 1. The maximum Gasteiger partial charge on any atom is 0.418 e. The van der Waals surface area contributed by atoms with Gasteiger partial charge in [-0.1, -0.05) is 18.7 Å². The number of halogens is 3. The van der Waals surface area contributed by atoms with Gasteiger partial charge in [0.1, 0.15) is 5.82 Å². The van der Waals surface area contributed by atoms with Crippen LogP contribution in [0.15, 0.2) is 49.3 Å². The summed E-state index contributed by atoms with van der Waals surface area (Å²) in [6.45, 7) is 6.68. The van der Waals surface area contributed by atoms with E-state index in [1.54, 1.807) is 34.3 Å². The van der Waals surface area contributed by atoms with Crippen LogP contribution in [-0.2, 0) is 30.5 Å². The number of carbonyl (C=O) groups is 1. The Morgan fingerprint density at radius 2 is 1.95 bits per heavy atom. The summed E-state index contributed by atoms with van der Waals surface area (Å²) in [5, 5.41) is 9.46. The second kappa shape index (κ2) is 12.6. The molecule has 0 aliphatic carbocycles. The second-order valence-corrected chi connectivity index (χ2v) is 10.4. The number of ether oxygens (including phenoxy) is 1. The molecule has 1 atom stereocenters. The highest BCUT2D eigenvalue weighted by Crippen LogP contribution is 2.40. The summed E-state index contributed by atoms with van der Waals surface area (Å²) in [5.74, 6) is 0.761. The molecule has 0 N–H and O–H groups in total. The number of benzene rings is 1. The second-order valence-electron chi connectivity index (χ2n) is 10.4. The van der Waals surface area contributed by atoms with Crippen LogP contribution in [0, 0.1) is 18.3 Å². The minimum absolute atomic E-state index is 0.00243. The SMILES string of the molecule is C=CC(=O)N1CCN(c2nc(OCc3ncccn3)nc3c2CCCN(c2cccc(C)c2C(F)(F)F)C3)CC1CC#N. The topological polar surface area (TPSA) is 111 Å². The third kappa shape index (κ3) is 6.53. The van der Waals surface area contributed by atoms with E-state index in [9.17, 15) is 23.2 Å². The van der Waals surface area contributed by atoms with Gasteiger partial charge in [-0.3, -0.25) is 4.79 Å². The first kappa shape index (κ1) is 29.8. The molecule has 0 saturated carbocycles. The Labute approximate surface area is 247 Å². The maximum atomic E-state index is 14.2. The number of aromatic nitrogens is 4. The van der Waals surface area contributed by atoms with Gasteiger partial charge >= 0.3 is 12.2 Å². The highest BCUT2D eigenvalue weighted by atomic mass is 19.4. The van der Waals surface area contributed by atoms with E-state index in [2.05, 4.69) is 27.6 Å². The first-order valence-corrected chi connectivity index (χ1v) is 13.9. The zero-order valence-corrected chi connectivity index (χ0v) is 23.7. The van der Waals surface area contributed by atoms with Gasteiger partial charge in [0.25, 0.3) is 0 Å². The minimum atomic E-state index is -4.52. The molecule has 0 radical (unpaired) electrons. The first-order valence-electron chi connectivity index (χ1n) is 13.9. The molecule has 1 fully saturated rings. The number of rotatable bonds is 7. The predicted molar refractivity (Wildman–Crippen MR) is 152 cm³/mol. The van der Waals surface area contributed by atoms with Gasteiger partial charge < -0.3 is 19.4 Å². The van der Waals surface area contributed by atoms with Crippen molar-refractivity contribution >= 4 is 17.4 Å². The zero-order valence-electron chi connectivity index (χ0n) is 23.7. The highest BCUT2D eigenvalue weighted by molar-refractivity contribution is 5.87. The van der Waals surface area contributed by atoms with Gasteiger partial charge in [-0.15, -0.1) is 0 Å². The third-order valence-electron chi connectivity index (χ3n) is 7.64. The molecule has 1 aromatic carbocycles. The van der Waals surface area contributed by atoms with Gasteiger partial charge in [0.2, 0.25) is 5.91 Å². The van der Waals surface area contributed by atoms with E-state index in [-0.39, 0.29) is 48.8 Å². The standard InChI is InChI=1S/C30H31F3N8O2/c1-3-26(42)41-16-15-40(17-21(41)10-11-34)28-22-8-5-14-39(24-9-4-7-20(2)27(24)30(31,32)33)18-23(22)37-29(38-28)43-19-25-35-12-6-13-36-25/h3-4,6-7,9,12-13,21H,1,5,8,10,14-19H2,2H3. The van der Waals surface area contributed by atoms with Crippen LogP contribution in [0.1, 0.15) is 41.1 Å². The number of nitrogens with zero attached hydrogens (tertiary/aromatic N) is 8. The quantitative estimate of drug-likeness (QED) is 0.372. The molecule has 0 spiro atoms. The Morgan fingerprint density at radius 1 is 1.16 bits per heavy atom. The molecule has 224 valence electrons. The normalized spacial score (nSPS) is 17.1. The molecule has 1 saturated heterocycles. The molecule has 0 bridgehead atoms. The largest absolute Gasteiger partial charge is 0.455 e. The molecule has 1 unspecified atom stereocenters. The van der Waals surface area contributed by atoms with Gasteiger partial charge in [0, 0.05) is 49.8 Å². The molecule has 13 heteroatoms. The van der Waals surface area contributed by atoms with Crippen LogP contribution in [0.4, 0.5) is 24.7 Å². The van der Waals surface area contributed by atoms with E-state index >= 15 is 0 Å². The number of fused-ring (bicyclic) bond motifs is 1. The number of piperazine rings is 1. The fourth-order valence-corrected chi connectivity index (χ4v) is 5.67. The summed E-state index contributed by atoms with van der Waals surface area (Å²) < 4.78 is 48.4. The van der Waals surface area contributed by atoms with E-state index in [4.69, 9.17) is 9.72 Å². The van der Waals surface area contributed by atoms with Crippen LogP contribution in [0.5, 0.6) is 6.01 Å². The van der Waals surface area contributed by atoms with Gasteiger partial charge in [0.15, 0.2) is 12.4 Å². The van der Waals surface area contributed by atoms with E-state index in [1.165, 1.54) is 25.1 Å². The molecule has 2 aromatic heterocycles. The summed E-state index contributed by atoms with van der Waals surface area (Å²) >= 11 is 0. The van der Waals surface area contributed by atoms with Crippen molar-refractivity contribution in [2.45, 2.75) is 51.6 Å². The Morgan fingerprint density at radius 3 is 2.67 bits per heavy atom. The van der Waals surface area contributed by atoms with Crippen molar-refractivity contribution in [3.05, 3.63) is 77.5 Å². The molecule has 5 rings (SSSR count). The Balaban J connectivity index is 1.53. The fraction of sp³-hybridized carbons (Fsp3) is 0.400. The van der Waals surface area contributed by atoms with E-state index in [1.807, 2.05) is 4.90 Å². The molecule has 43 heavy (non-hydrogen) atoms. The number of alkyl halides is 3.